The fourth-order valence-electron chi connectivity index (χ4n) is 2.78. The normalized spacial score (nSPS) is 20.2. The molecule has 0 spiro atoms. The lowest BCUT2D eigenvalue weighted by Crippen LogP contribution is -2.21. The summed E-state index contributed by atoms with van der Waals surface area (Å²) in [5, 5.41) is 9.81. The van der Waals surface area contributed by atoms with Gasteiger partial charge in [0.1, 0.15) is 6.10 Å². The van der Waals surface area contributed by atoms with E-state index in [-0.39, 0.29) is 12.0 Å². The van der Waals surface area contributed by atoms with Gasteiger partial charge in [0.15, 0.2) is 0 Å². The third kappa shape index (κ3) is 2.21. The lowest BCUT2D eigenvalue weighted by molar-refractivity contribution is 0.140. The minimum atomic E-state index is 0.123. The van der Waals surface area contributed by atoms with Crippen molar-refractivity contribution in [3.63, 3.8) is 0 Å². The van der Waals surface area contributed by atoms with E-state index in [1.807, 2.05) is 0 Å². The predicted molar refractivity (Wildman–Crippen MR) is 63.2 cm³/mol. The molecule has 1 fully saturated rings. The molecule has 0 amide bonds. The molecular formula is C13H18N2O2. The van der Waals surface area contributed by atoms with Gasteiger partial charge in [0.25, 0.3) is 0 Å². The zero-order valence-electron chi connectivity index (χ0n) is 9.98. The van der Waals surface area contributed by atoms with E-state index in [0.29, 0.717) is 6.01 Å². The summed E-state index contributed by atoms with van der Waals surface area (Å²) in [4.78, 5) is 8.48. The number of aryl methyl sites for hydroxylation is 1. The molecule has 17 heavy (non-hydrogen) atoms. The number of aromatic hydroxyl groups is 1. The van der Waals surface area contributed by atoms with E-state index in [0.717, 1.165) is 43.4 Å². The van der Waals surface area contributed by atoms with E-state index < -0.39 is 0 Å². The first kappa shape index (κ1) is 10.8. The van der Waals surface area contributed by atoms with Crippen LogP contribution in [0.3, 0.4) is 0 Å². The highest BCUT2D eigenvalue weighted by Crippen LogP contribution is 2.30. The summed E-state index contributed by atoms with van der Waals surface area (Å²) in [6.07, 6.45) is 9.05. The number of ether oxygens (including phenoxy) is 1. The van der Waals surface area contributed by atoms with E-state index in [4.69, 9.17) is 4.74 Å². The number of hydrogen-bond donors (Lipinski definition) is 1. The molecule has 0 unspecified atom stereocenters. The maximum atomic E-state index is 9.81. The molecule has 2 aliphatic rings. The van der Waals surface area contributed by atoms with E-state index in [1.165, 1.54) is 19.3 Å². The molecule has 1 N–H and O–H groups in total. The molecule has 1 heterocycles. The Morgan fingerprint density at radius 1 is 1.00 bits per heavy atom. The number of aromatic nitrogens is 2. The number of fused-ring (bicyclic) bond motifs is 1. The Morgan fingerprint density at radius 2 is 1.82 bits per heavy atom. The Morgan fingerprint density at radius 3 is 2.65 bits per heavy atom. The van der Waals surface area contributed by atoms with Gasteiger partial charge in [-0.1, -0.05) is 6.42 Å². The third-order valence-electron chi connectivity index (χ3n) is 3.72. The Balaban J connectivity index is 1.76. The Bertz CT molecular complexity index is 414. The van der Waals surface area contributed by atoms with Crippen molar-refractivity contribution in [2.75, 3.05) is 0 Å². The molecule has 4 heteroatoms. The van der Waals surface area contributed by atoms with Gasteiger partial charge in [-0.05, 0) is 44.9 Å². The quantitative estimate of drug-likeness (QED) is 0.853. The average molecular weight is 234 g/mol. The van der Waals surface area contributed by atoms with Crippen LogP contribution in [0.4, 0.5) is 0 Å². The minimum Gasteiger partial charge on any atom is -0.493 e. The zero-order chi connectivity index (χ0) is 11.7. The molecule has 0 bridgehead atoms. The highest BCUT2D eigenvalue weighted by molar-refractivity contribution is 5.34. The largest absolute Gasteiger partial charge is 0.493 e. The Hall–Kier alpha value is -1.32. The first-order chi connectivity index (χ1) is 8.33. The zero-order valence-corrected chi connectivity index (χ0v) is 9.98. The molecule has 2 aliphatic carbocycles. The summed E-state index contributed by atoms with van der Waals surface area (Å²) in [5.41, 5.74) is 1.89. The van der Waals surface area contributed by atoms with Gasteiger partial charge in [0.05, 0.1) is 5.69 Å². The maximum absolute atomic E-state index is 9.81. The van der Waals surface area contributed by atoms with Crippen LogP contribution < -0.4 is 4.74 Å². The standard InChI is InChI=1S/C13H18N2O2/c16-12-10-7-4-8-11(10)14-13(15-12)17-9-5-2-1-3-6-9/h9H,1-8H2,(H,14,15,16). The predicted octanol–water partition coefficient (Wildman–Crippen LogP) is 2.38. The van der Waals surface area contributed by atoms with Crippen molar-refractivity contribution in [2.24, 2.45) is 0 Å². The van der Waals surface area contributed by atoms with Gasteiger partial charge < -0.3 is 9.84 Å². The van der Waals surface area contributed by atoms with Gasteiger partial charge in [-0.3, -0.25) is 0 Å². The first-order valence-electron chi connectivity index (χ1n) is 6.58. The summed E-state index contributed by atoms with van der Waals surface area (Å²) in [6, 6.07) is 0.370. The van der Waals surface area contributed by atoms with Crippen LogP contribution in [0.5, 0.6) is 11.9 Å². The SMILES string of the molecule is Oc1nc(OC2CCCCC2)nc2c1CCC2. The molecule has 1 saturated carbocycles. The lowest BCUT2D eigenvalue weighted by Gasteiger charge is -2.21. The molecule has 3 rings (SSSR count). The molecule has 1 aromatic rings. The van der Waals surface area contributed by atoms with Crippen molar-refractivity contribution in [3.8, 4) is 11.9 Å². The maximum Gasteiger partial charge on any atom is 0.320 e. The fourth-order valence-corrected chi connectivity index (χ4v) is 2.78. The van der Waals surface area contributed by atoms with Crippen LogP contribution in [0.25, 0.3) is 0 Å². The van der Waals surface area contributed by atoms with Crippen molar-refractivity contribution in [3.05, 3.63) is 11.3 Å². The first-order valence-corrected chi connectivity index (χ1v) is 6.58. The Labute approximate surface area is 101 Å². The monoisotopic (exact) mass is 234 g/mol. The van der Waals surface area contributed by atoms with Gasteiger partial charge in [0, 0.05) is 5.56 Å². The molecule has 0 aromatic carbocycles. The van der Waals surface area contributed by atoms with Crippen molar-refractivity contribution in [1.29, 1.82) is 0 Å². The number of hydrogen-bond acceptors (Lipinski definition) is 4. The molecule has 0 atom stereocenters. The summed E-state index contributed by atoms with van der Waals surface area (Å²) < 4.78 is 5.78. The summed E-state index contributed by atoms with van der Waals surface area (Å²) >= 11 is 0. The molecular weight excluding hydrogens is 216 g/mol. The van der Waals surface area contributed by atoms with Crippen molar-refractivity contribution < 1.29 is 9.84 Å². The molecule has 0 aliphatic heterocycles. The van der Waals surface area contributed by atoms with Crippen LogP contribution in [0.1, 0.15) is 49.8 Å². The smallest absolute Gasteiger partial charge is 0.320 e. The minimum absolute atomic E-state index is 0.123. The molecule has 1 aromatic heterocycles. The molecule has 92 valence electrons. The molecule has 0 radical (unpaired) electrons. The van der Waals surface area contributed by atoms with Crippen LogP contribution in [0.15, 0.2) is 0 Å². The average Bonchev–Trinajstić information content (AvgIpc) is 2.79. The topological polar surface area (TPSA) is 55.2 Å². The second kappa shape index (κ2) is 4.51. The van der Waals surface area contributed by atoms with Gasteiger partial charge in [-0.25, -0.2) is 0 Å². The van der Waals surface area contributed by atoms with E-state index in [1.54, 1.807) is 0 Å². The van der Waals surface area contributed by atoms with Gasteiger partial charge in [0.2, 0.25) is 5.88 Å². The third-order valence-corrected chi connectivity index (χ3v) is 3.72. The number of nitrogens with zero attached hydrogens (tertiary/aromatic N) is 2. The van der Waals surface area contributed by atoms with Crippen LogP contribution in [0, 0.1) is 0 Å². The highest BCUT2D eigenvalue weighted by atomic mass is 16.5. The van der Waals surface area contributed by atoms with Gasteiger partial charge in [-0.2, -0.15) is 9.97 Å². The van der Waals surface area contributed by atoms with Crippen LogP contribution in [-0.2, 0) is 12.8 Å². The lowest BCUT2D eigenvalue weighted by atomic mass is 9.98. The van der Waals surface area contributed by atoms with E-state index in [2.05, 4.69) is 9.97 Å². The van der Waals surface area contributed by atoms with Crippen molar-refractivity contribution in [1.82, 2.24) is 9.97 Å². The fraction of sp³-hybridized carbons (Fsp3) is 0.692. The number of rotatable bonds is 2. The molecule has 4 nitrogen and oxygen atoms in total. The summed E-state index contributed by atoms with van der Waals surface area (Å²) in [7, 11) is 0. The van der Waals surface area contributed by atoms with Gasteiger partial charge >= 0.3 is 6.01 Å². The van der Waals surface area contributed by atoms with Gasteiger partial charge in [-0.15, -0.1) is 0 Å². The Kier molecular flexibility index (Phi) is 2.87. The van der Waals surface area contributed by atoms with Crippen LogP contribution in [-0.4, -0.2) is 21.2 Å². The second-order valence-corrected chi connectivity index (χ2v) is 4.99. The van der Waals surface area contributed by atoms with Crippen molar-refractivity contribution in [2.45, 2.75) is 57.5 Å². The van der Waals surface area contributed by atoms with Crippen molar-refractivity contribution >= 4 is 0 Å². The summed E-state index contributed by atoms with van der Waals surface area (Å²) in [6.45, 7) is 0. The summed E-state index contributed by atoms with van der Waals surface area (Å²) in [5.74, 6) is 0.123. The molecule has 0 saturated heterocycles. The second-order valence-electron chi connectivity index (χ2n) is 4.99. The van der Waals surface area contributed by atoms with Crippen LogP contribution >= 0.6 is 0 Å². The van der Waals surface area contributed by atoms with Crippen LogP contribution in [0.2, 0.25) is 0 Å². The van der Waals surface area contributed by atoms with E-state index >= 15 is 0 Å². The van der Waals surface area contributed by atoms with E-state index in [9.17, 15) is 5.11 Å². The highest BCUT2D eigenvalue weighted by Gasteiger charge is 2.22.